The molecule has 8 heteroatoms. The summed E-state index contributed by atoms with van der Waals surface area (Å²) in [6, 6.07) is 9.40. The second kappa shape index (κ2) is 8.96. The highest BCUT2D eigenvalue weighted by molar-refractivity contribution is 7.89. The van der Waals surface area contributed by atoms with Crippen molar-refractivity contribution in [3.8, 4) is 5.75 Å². The molecule has 0 atom stereocenters. The first-order valence-electron chi connectivity index (χ1n) is 8.67. The van der Waals surface area contributed by atoms with Crippen molar-refractivity contribution in [3.63, 3.8) is 0 Å². The summed E-state index contributed by atoms with van der Waals surface area (Å²) in [5.74, 6) is -0.589. The SMILES string of the molecule is CCOc1ccc(S(=O)(=O)N(CC)CC)cc1NC(=O)c1ccc(F)cc1. The maximum absolute atomic E-state index is 13.0. The summed E-state index contributed by atoms with van der Waals surface area (Å²) in [7, 11) is -3.68. The Morgan fingerprint density at radius 2 is 1.70 bits per heavy atom. The van der Waals surface area contributed by atoms with Crippen molar-refractivity contribution in [2.24, 2.45) is 0 Å². The van der Waals surface area contributed by atoms with Crippen LogP contribution in [0.15, 0.2) is 47.4 Å². The highest BCUT2D eigenvalue weighted by atomic mass is 32.2. The molecule has 0 spiro atoms. The molecule has 0 radical (unpaired) electrons. The predicted octanol–water partition coefficient (Wildman–Crippen LogP) is 3.51. The first kappa shape index (κ1) is 20.9. The Morgan fingerprint density at radius 1 is 1.07 bits per heavy atom. The molecule has 0 saturated heterocycles. The van der Waals surface area contributed by atoms with E-state index in [1.54, 1.807) is 20.8 Å². The molecule has 0 aliphatic carbocycles. The van der Waals surface area contributed by atoms with E-state index in [0.717, 1.165) is 0 Å². The molecule has 0 fully saturated rings. The Hall–Kier alpha value is -2.45. The summed E-state index contributed by atoms with van der Waals surface area (Å²) in [6.07, 6.45) is 0. The van der Waals surface area contributed by atoms with E-state index in [1.165, 1.54) is 46.8 Å². The molecule has 2 rings (SSSR count). The number of rotatable bonds is 8. The van der Waals surface area contributed by atoms with Crippen LogP contribution in [0.5, 0.6) is 5.75 Å². The lowest BCUT2D eigenvalue weighted by Gasteiger charge is -2.20. The molecule has 2 aromatic carbocycles. The second-order valence-electron chi connectivity index (χ2n) is 5.64. The van der Waals surface area contributed by atoms with Gasteiger partial charge in [-0.05, 0) is 49.4 Å². The summed E-state index contributed by atoms with van der Waals surface area (Å²) in [4.78, 5) is 12.5. The quantitative estimate of drug-likeness (QED) is 0.743. The van der Waals surface area contributed by atoms with Crippen LogP contribution in [-0.2, 0) is 10.0 Å². The Balaban J connectivity index is 2.41. The summed E-state index contributed by atoms with van der Waals surface area (Å²) in [5, 5.41) is 2.65. The van der Waals surface area contributed by atoms with Gasteiger partial charge in [-0.15, -0.1) is 0 Å². The van der Waals surface area contributed by atoms with Gasteiger partial charge in [0.15, 0.2) is 0 Å². The van der Waals surface area contributed by atoms with Crippen LogP contribution in [0.3, 0.4) is 0 Å². The Bertz CT molecular complexity index is 894. The van der Waals surface area contributed by atoms with Crippen molar-refractivity contribution in [3.05, 3.63) is 53.8 Å². The van der Waals surface area contributed by atoms with E-state index >= 15 is 0 Å². The highest BCUT2D eigenvalue weighted by Crippen LogP contribution is 2.29. The maximum Gasteiger partial charge on any atom is 0.255 e. The van der Waals surface area contributed by atoms with Crippen molar-refractivity contribution >= 4 is 21.6 Å². The van der Waals surface area contributed by atoms with Gasteiger partial charge in [-0.3, -0.25) is 4.79 Å². The van der Waals surface area contributed by atoms with Crippen molar-refractivity contribution in [2.75, 3.05) is 25.0 Å². The number of benzene rings is 2. The number of nitrogens with zero attached hydrogens (tertiary/aromatic N) is 1. The van der Waals surface area contributed by atoms with Gasteiger partial charge in [0.1, 0.15) is 11.6 Å². The summed E-state index contributed by atoms with van der Waals surface area (Å²) < 4.78 is 45.3. The van der Waals surface area contributed by atoms with Crippen LogP contribution in [0, 0.1) is 5.82 Å². The van der Waals surface area contributed by atoms with Gasteiger partial charge >= 0.3 is 0 Å². The molecule has 0 aromatic heterocycles. The van der Waals surface area contributed by atoms with E-state index in [-0.39, 0.29) is 16.1 Å². The molecule has 27 heavy (non-hydrogen) atoms. The van der Waals surface area contributed by atoms with E-state index < -0.39 is 21.7 Å². The molecular weight excluding hydrogens is 371 g/mol. The maximum atomic E-state index is 13.0. The van der Waals surface area contributed by atoms with Gasteiger partial charge in [0, 0.05) is 18.7 Å². The first-order chi connectivity index (χ1) is 12.8. The number of anilines is 1. The van der Waals surface area contributed by atoms with Crippen molar-refractivity contribution in [2.45, 2.75) is 25.7 Å². The minimum absolute atomic E-state index is 0.0593. The van der Waals surface area contributed by atoms with Gasteiger partial charge in [0.25, 0.3) is 5.91 Å². The highest BCUT2D eigenvalue weighted by Gasteiger charge is 2.23. The van der Waals surface area contributed by atoms with Gasteiger partial charge < -0.3 is 10.1 Å². The standard InChI is InChI=1S/C19H23FN2O4S/c1-4-22(5-2)27(24,25)16-11-12-18(26-6-3)17(13-16)21-19(23)14-7-9-15(20)10-8-14/h7-13H,4-6H2,1-3H3,(H,21,23). The van der Waals surface area contributed by atoms with Crippen LogP contribution < -0.4 is 10.1 Å². The van der Waals surface area contributed by atoms with Gasteiger partial charge in [0.05, 0.1) is 17.2 Å². The topological polar surface area (TPSA) is 75.7 Å². The minimum atomic E-state index is -3.68. The number of halogens is 1. The van der Waals surface area contributed by atoms with Crippen LogP contribution in [-0.4, -0.2) is 38.3 Å². The molecular formula is C19H23FN2O4S. The van der Waals surface area contributed by atoms with Crippen molar-refractivity contribution < 1.29 is 22.3 Å². The van der Waals surface area contributed by atoms with Crippen molar-refractivity contribution in [1.29, 1.82) is 0 Å². The zero-order valence-electron chi connectivity index (χ0n) is 15.5. The van der Waals surface area contributed by atoms with E-state index in [1.807, 2.05) is 0 Å². The fraction of sp³-hybridized carbons (Fsp3) is 0.316. The molecule has 1 amide bonds. The number of amides is 1. The van der Waals surface area contributed by atoms with Gasteiger partial charge in [0.2, 0.25) is 10.0 Å². The largest absolute Gasteiger partial charge is 0.492 e. The molecule has 0 aliphatic heterocycles. The third-order valence-corrected chi connectivity index (χ3v) is 5.99. The lowest BCUT2D eigenvalue weighted by molar-refractivity contribution is 0.102. The van der Waals surface area contributed by atoms with Crippen LogP contribution >= 0.6 is 0 Å². The number of hydrogen-bond donors (Lipinski definition) is 1. The van der Waals surface area contributed by atoms with E-state index in [9.17, 15) is 17.6 Å². The normalized spacial score (nSPS) is 11.4. The number of hydrogen-bond acceptors (Lipinski definition) is 4. The van der Waals surface area contributed by atoms with Gasteiger partial charge in [-0.2, -0.15) is 4.31 Å². The number of nitrogens with one attached hydrogen (secondary N) is 1. The molecule has 0 bridgehead atoms. The Labute approximate surface area is 159 Å². The first-order valence-corrected chi connectivity index (χ1v) is 10.1. The number of ether oxygens (including phenoxy) is 1. The third kappa shape index (κ3) is 4.84. The van der Waals surface area contributed by atoms with Crippen molar-refractivity contribution in [1.82, 2.24) is 4.31 Å². The predicted molar refractivity (Wildman–Crippen MR) is 102 cm³/mol. The fourth-order valence-electron chi connectivity index (χ4n) is 2.56. The van der Waals surface area contributed by atoms with Gasteiger partial charge in [-0.1, -0.05) is 13.8 Å². The molecule has 1 N–H and O–H groups in total. The van der Waals surface area contributed by atoms with E-state index in [2.05, 4.69) is 5.32 Å². The minimum Gasteiger partial charge on any atom is -0.492 e. The molecule has 0 heterocycles. The van der Waals surface area contributed by atoms with Crippen LogP contribution in [0.25, 0.3) is 0 Å². The number of sulfonamides is 1. The number of carbonyl (C=O) groups is 1. The van der Waals surface area contributed by atoms with Crippen LogP contribution in [0.1, 0.15) is 31.1 Å². The molecule has 6 nitrogen and oxygen atoms in total. The van der Waals surface area contributed by atoms with E-state index in [4.69, 9.17) is 4.74 Å². The fourth-order valence-corrected chi connectivity index (χ4v) is 4.04. The Morgan fingerprint density at radius 3 is 2.26 bits per heavy atom. The summed E-state index contributed by atoms with van der Waals surface area (Å²) in [5.41, 5.74) is 0.482. The van der Waals surface area contributed by atoms with E-state index in [0.29, 0.717) is 25.4 Å². The summed E-state index contributed by atoms with van der Waals surface area (Å²) >= 11 is 0. The third-order valence-electron chi connectivity index (χ3n) is 3.95. The zero-order valence-corrected chi connectivity index (χ0v) is 16.3. The average Bonchev–Trinajstić information content (AvgIpc) is 2.64. The molecule has 0 unspecified atom stereocenters. The summed E-state index contributed by atoms with van der Waals surface area (Å²) in [6.45, 7) is 6.32. The van der Waals surface area contributed by atoms with Crippen LogP contribution in [0.2, 0.25) is 0 Å². The smallest absolute Gasteiger partial charge is 0.255 e. The molecule has 0 aliphatic rings. The lowest BCUT2D eigenvalue weighted by Crippen LogP contribution is -2.30. The zero-order chi connectivity index (χ0) is 20.0. The lowest BCUT2D eigenvalue weighted by atomic mass is 10.2. The second-order valence-corrected chi connectivity index (χ2v) is 7.58. The van der Waals surface area contributed by atoms with Gasteiger partial charge in [-0.25, -0.2) is 12.8 Å². The average molecular weight is 394 g/mol. The molecule has 2 aromatic rings. The monoisotopic (exact) mass is 394 g/mol. The molecule has 0 saturated carbocycles. The molecule has 146 valence electrons. The number of carbonyl (C=O) groups excluding carboxylic acids is 1. The van der Waals surface area contributed by atoms with Crippen LogP contribution in [0.4, 0.5) is 10.1 Å². The Kier molecular flexibility index (Phi) is 6.92.